The number of amides is 1. The van der Waals surface area contributed by atoms with Crippen LogP contribution in [0.3, 0.4) is 0 Å². The summed E-state index contributed by atoms with van der Waals surface area (Å²) in [6.07, 6.45) is 2.20. The standard InChI is InChI=1S/C13H18N6O/c1-3-13(2,8-14)12(20)16-10-4-6-11(7-5-10)19-9-15-17-18-19/h4-7,9H,3,8,14H2,1-2H3,(H,16,20). The highest BCUT2D eigenvalue weighted by Gasteiger charge is 2.29. The SMILES string of the molecule is CCC(C)(CN)C(=O)Nc1ccc(-n2cnnn2)cc1. The monoisotopic (exact) mass is 274 g/mol. The molecule has 1 amide bonds. The van der Waals surface area contributed by atoms with Crippen molar-refractivity contribution in [1.29, 1.82) is 0 Å². The van der Waals surface area contributed by atoms with Crippen molar-refractivity contribution in [1.82, 2.24) is 20.2 Å². The molecule has 2 rings (SSSR count). The fraction of sp³-hybridized carbons (Fsp3) is 0.385. The van der Waals surface area contributed by atoms with E-state index in [0.29, 0.717) is 13.0 Å². The van der Waals surface area contributed by atoms with E-state index in [1.807, 2.05) is 38.1 Å². The highest BCUT2D eigenvalue weighted by molar-refractivity contribution is 5.95. The van der Waals surface area contributed by atoms with Crippen LogP contribution in [0.15, 0.2) is 30.6 Å². The van der Waals surface area contributed by atoms with Gasteiger partial charge in [0, 0.05) is 12.2 Å². The van der Waals surface area contributed by atoms with Gasteiger partial charge in [0.1, 0.15) is 6.33 Å². The molecule has 1 aromatic heterocycles. The summed E-state index contributed by atoms with van der Waals surface area (Å²) in [5, 5.41) is 13.8. The van der Waals surface area contributed by atoms with Crippen molar-refractivity contribution in [2.24, 2.45) is 11.1 Å². The molecule has 0 saturated carbocycles. The normalized spacial score (nSPS) is 13.8. The minimum absolute atomic E-state index is 0.0716. The van der Waals surface area contributed by atoms with Crippen LogP contribution in [0.2, 0.25) is 0 Å². The number of hydrogen-bond acceptors (Lipinski definition) is 5. The first kappa shape index (κ1) is 14.1. The summed E-state index contributed by atoms with van der Waals surface area (Å²) in [6.45, 7) is 4.13. The Hall–Kier alpha value is -2.28. The first-order valence-electron chi connectivity index (χ1n) is 6.44. The molecule has 0 spiro atoms. The quantitative estimate of drug-likeness (QED) is 0.846. The molecular weight excluding hydrogens is 256 g/mol. The number of tetrazole rings is 1. The van der Waals surface area contributed by atoms with E-state index in [1.54, 1.807) is 4.68 Å². The minimum Gasteiger partial charge on any atom is -0.329 e. The molecule has 1 unspecified atom stereocenters. The third-order valence-corrected chi connectivity index (χ3v) is 3.52. The second-order valence-electron chi connectivity index (χ2n) is 4.87. The van der Waals surface area contributed by atoms with Gasteiger partial charge in [0.25, 0.3) is 0 Å². The Balaban J connectivity index is 2.10. The van der Waals surface area contributed by atoms with Gasteiger partial charge >= 0.3 is 0 Å². The summed E-state index contributed by atoms with van der Waals surface area (Å²) in [5.74, 6) is -0.0716. The van der Waals surface area contributed by atoms with Gasteiger partial charge in [-0.15, -0.1) is 5.10 Å². The molecule has 20 heavy (non-hydrogen) atoms. The second-order valence-corrected chi connectivity index (χ2v) is 4.87. The van der Waals surface area contributed by atoms with E-state index < -0.39 is 5.41 Å². The predicted octanol–water partition coefficient (Wildman–Crippen LogP) is 0.976. The van der Waals surface area contributed by atoms with E-state index in [2.05, 4.69) is 20.8 Å². The number of hydrogen-bond donors (Lipinski definition) is 2. The molecule has 7 heteroatoms. The molecule has 0 radical (unpaired) electrons. The fourth-order valence-corrected chi connectivity index (χ4v) is 1.66. The Kier molecular flexibility index (Phi) is 4.09. The maximum absolute atomic E-state index is 12.2. The van der Waals surface area contributed by atoms with Crippen LogP contribution in [0.1, 0.15) is 20.3 Å². The number of nitrogens with zero attached hydrogens (tertiary/aromatic N) is 4. The van der Waals surface area contributed by atoms with Gasteiger partial charge in [-0.1, -0.05) is 6.92 Å². The molecule has 0 aliphatic carbocycles. The van der Waals surface area contributed by atoms with E-state index >= 15 is 0 Å². The third kappa shape index (κ3) is 2.83. The first-order chi connectivity index (χ1) is 9.59. The molecule has 0 aliphatic heterocycles. The van der Waals surface area contributed by atoms with E-state index in [4.69, 9.17) is 5.73 Å². The van der Waals surface area contributed by atoms with Crippen molar-refractivity contribution in [2.45, 2.75) is 20.3 Å². The van der Waals surface area contributed by atoms with Crippen molar-refractivity contribution >= 4 is 11.6 Å². The second kappa shape index (κ2) is 5.79. The number of nitrogens with two attached hydrogens (primary N) is 1. The summed E-state index contributed by atoms with van der Waals surface area (Å²) >= 11 is 0. The fourth-order valence-electron chi connectivity index (χ4n) is 1.66. The maximum atomic E-state index is 12.2. The van der Waals surface area contributed by atoms with Crippen molar-refractivity contribution in [3.63, 3.8) is 0 Å². The van der Waals surface area contributed by atoms with Crippen LogP contribution in [-0.2, 0) is 4.79 Å². The number of carbonyl (C=O) groups excluding carboxylic acids is 1. The minimum atomic E-state index is -0.547. The zero-order valence-electron chi connectivity index (χ0n) is 11.6. The van der Waals surface area contributed by atoms with Crippen molar-refractivity contribution < 1.29 is 4.79 Å². The molecule has 1 atom stereocenters. The van der Waals surface area contributed by atoms with Crippen molar-refractivity contribution in [3.05, 3.63) is 30.6 Å². The topological polar surface area (TPSA) is 98.7 Å². The maximum Gasteiger partial charge on any atom is 0.231 e. The van der Waals surface area contributed by atoms with Crippen LogP contribution in [0.25, 0.3) is 5.69 Å². The highest BCUT2D eigenvalue weighted by atomic mass is 16.2. The molecule has 1 heterocycles. The molecule has 1 aromatic carbocycles. The lowest BCUT2D eigenvalue weighted by atomic mass is 9.86. The van der Waals surface area contributed by atoms with Gasteiger partial charge < -0.3 is 11.1 Å². The number of nitrogens with one attached hydrogen (secondary N) is 1. The highest BCUT2D eigenvalue weighted by Crippen LogP contribution is 2.22. The molecule has 0 bridgehead atoms. The van der Waals surface area contributed by atoms with E-state index in [0.717, 1.165) is 11.4 Å². The number of anilines is 1. The van der Waals surface area contributed by atoms with Gasteiger partial charge in [0.05, 0.1) is 11.1 Å². The van der Waals surface area contributed by atoms with Crippen LogP contribution in [-0.4, -0.2) is 32.7 Å². The average Bonchev–Trinajstić information content (AvgIpc) is 3.01. The number of carbonyl (C=O) groups is 1. The third-order valence-electron chi connectivity index (χ3n) is 3.52. The molecule has 7 nitrogen and oxygen atoms in total. The van der Waals surface area contributed by atoms with Gasteiger partial charge in [0.15, 0.2) is 0 Å². The zero-order valence-corrected chi connectivity index (χ0v) is 11.6. The van der Waals surface area contributed by atoms with Gasteiger partial charge in [-0.3, -0.25) is 4.79 Å². The van der Waals surface area contributed by atoms with E-state index in [1.165, 1.54) is 6.33 Å². The van der Waals surface area contributed by atoms with Crippen molar-refractivity contribution in [3.8, 4) is 5.69 Å². The molecule has 0 fully saturated rings. The van der Waals surface area contributed by atoms with Gasteiger partial charge in [-0.2, -0.15) is 0 Å². The summed E-state index contributed by atoms with van der Waals surface area (Å²) in [7, 11) is 0. The Morgan fingerprint density at radius 3 is 2.60 bits per heavy atom. The summed E-state index contributed by atoms with van der Waals surface area (Å²) in [5.41, 5.74) is 6.67. The van der Waals surface area contributed by atoms with E-state index in [9.17, 15) is 4.79 Å². The summed E-state index contributed by atoms with van der Waals surface area (Å²) in [6, 6.07) is 7.28. The van der Waals surface area contributed by atoms with Crippen LogP contribution in [0, 0.1) is 5.41 Å². The lowest BCUT2D eigenvalue weighted by Gasteiger charge is -2.24. The number of rotatable bonds is 5. The number of aromatic nitrogens is 4. The molecule has 0 saturated heterocycles. The van der Waals surface area contributed by atoms with Gasteiger partial charge in [0.2, 0.25) is 5.91 Å². The Morgan fingerprint density at radius 2 is 2.10 bits per heavy atom. The zero-order chi connectivity index (χ0) is 14.6. The molecular formula is C13H18N6O. The Morgan fingerprint density at radius 1 is 1.40 bits per heavy atom. The van der Waals surface area contributed by atoms with Crippen LogP contribution in [0.4, 0.5) is 5.69 Å². The first-order valence-corrected chi connectivity index (χ1v) is 6.44. The lowest BCUT2D eigenvalue weighted by Crippen LogP contribution is -2.39. The van der Waals surface area contributed by atoms with Crippen LogP contribution in [0.5, 0.6) is 0 Å². The Bertz CT molecular complexity index is 559. The smallest absolute Gasteiger partial charge is 0.231 e. The van der Waals surface area contributed by atoms with Crippen LogP contribution >= 0.6 is 0 Å². The molecule has 106 valence electrons. The predicted molar refractivity (Wildman–Crippen MR) is 75.2 cm³/mol. The Labute approximate surface area is 117 Å². The summed E-state index contributed by atoms with van der Waals surface area (Å²) < 4.78 is 1.54. The number of benzene rings is 1. The molecule has 3 N–H and O–H groups in total. The average molecular weight is 274 g/mol. The van der Waals surface area contributed by atoms with Crippen molar-refractivity contribution in [2.75, 3.05) is 11.9 Å². The van der Waals surface area contributed by atoms with Gasteiger partial charge in [-0.25, -0.2) is 4.68 Å². The largest absolute Gasteiger partial charge is 0.329 e. The molecule has 2 aromatic rings. The van der Waals surface area contributed by atoms with Crippen LogP contribution < -0.4 is 11.1 Å². The summed E-state index contributed by atoms with van der Waals surface area (Å²) in [4.78, 5) is 12.2. The molecule has 0 aliphatic rings. The lowest BCUT2D eigenvalue weighted by molar-refractivity contribution is -0.124. The van der Waals surface area contributed by atoms with Gasteiger partial charge in [-0.05, 0) is 48.0 Å². The van der Waals surface area contributed by atoms with E-state index in [-0.39, 0.29) is 5.91 Å².